The summed E-state index contributed by atoms with van der Waals surface area (Å²) >= 11 is 0. The van der Waals surface area contributed by atoms with Gasteiger partial charge in [0, 0.05) is 25.2 Å². The second-order valence-electron chi connectivity index (χ2n) is 4.83. The normalized spacial score (nSPS) is 15.2. The molecule has 6 heteroatoms. The standard InChI is InChI=1S/C14H14F3N3/c1-9-19-11-8-18-7-6-13(11)20(9)12-5-3-2-4-10(12)14(15,16)17/h2-5,18H,6-8H2,1H3. The van der Waals surface area contributed by atoms with Crippen molar-refractivity contribution < 1.29 is 13.2 Å². The lowest BCUT2D eigenvalue weighted by molar-refractivity contribution is -0.137. The third-order valence-corrected chi connectivity index (χ3v) is 3.50. The maximum atomic E-state index is 13.2. The van der Waals surface area contributed by atoms with Crippen LogP contribution in [-0.4, -0.2) is 16.1 Å². The molecule has 0 atom stereocenters. The second-order valence-corrected chi connectivity index (χ2v) is 4.83. The van der Waals surface area contributed by atoms with E-state index in [1.165, 1.54) is 12.1 Å². The van der Waals surface area contributed by atoms with Crippen molar-refractivity contribution in [2.75, 3.05) is 6.54 Å². The van der Waals surface area contributed by atoms with Gasteiger partial charge in [0.1, 0.15) is 5.82 Å². The molecule has 0 bridgehead atoms. The number of para-hydroxylation sites is 1. The van der Waals surface area contributed by atoms with Gasteiger partial charge in [-0.15, -0.1) is 0 Å². The third kappa shape index (κ3) is 2.10. The third-order valence-electron chi connectivity index (χ3n) is 3.50. The van der Waals surface area contributed by atoms with Gasteiger partial charge in [-0.2, -0.15) is 13.2 Å². The smallest absolute Gasteiger partial charge is 0.311 e. The minimum Gasteiger partial charge on any atom is -0.311 e. The van der Waals surface area contributed by atoms with Crippen molar-refractivity contribution in [2.45, 2.75) is 26.1 Å². The van der Waals surface area contributed by atoms with Gasteiger partial charge in [-0.3, -0.25) is 4.57 Å². The van der Waals surface area contributed by atoms with E-state index in [0.29, 0.717) is 18.8 Å². The van der Waals surface area contributed by atoms with Crippen LogP contribution in [0.3, 0.4) is 0 Å². The van der Waals surface area contributed by atoms with Crippen molar-refractivity contribution in [2.24, 2.45) is 0 Å². The van der Waals surface area contributed by atoms with Crippen molar-refractivity contribution >= 4 is 0 Å². The number of imidazole rings is 1. The molecule has 0 radical (unpaired) electrons. The molecule has 2 aromatic rings. The first-order valence-corrected chi connectivity index (χ1v) is 6.43. The van der Waals surface area contributed by atoms with E-state index in [1.54, 1.807) is 17.6 Å². The minimum absolute atomic E-state index is 0.160. The average molecular weight is 281 g/mol. The average Bonchev–Trinajstić information content (AvgIpc) is 2.73. The highest BCUT2D eigenvalue weighted by Gasteiger charge is 2.34. The number of rotatable bonds is 1. The first kappa shape index (κ1) is 13.2. The van der Waals surface area contributed by atoms with Gasteiger partial charge >= 0.3 is 6.18 Å². The quantitative estimate of drug-likeness (QED) is 0.871. The van der Waals surface area contributed by atoms with Crippen LogP contribution in [0.15, 0.2) is 24.3 Å². The maximum absolute atomic E-state index is 13.2. The largest absolute Gasteiger partial charge is 0.418 e. The number of hydrogen-bond acceptors (Lipinski definition) is 2. The molecular formula is C14H14F3N3. The predicted molar refractivity (Wildman–Crippen MR) is 68.7 cm³/mol. The molecule has 0 unspecified atom stereocenters. The Labute approximate surface area is 114 Å². The molecule has 1 aliphatic rings. The molecule has 0 aliphatic carbocycles. The van der Waals surface area contributed by atoms with Crippen LogP contribution in [0.4, 0.5) is 13.2 Å². The first-order valence-electron chi connectivity index (χ1n) is 6.43. The lowest BCUT2D eigenvalue weighted by Crippen LogP contribution is -2.25. The summed E-state index contributed by atoms with van der Waals surface area (Å²) in [4.78, 5) is 4.38. The molecule has 1 aliphatic heterocycles. The van der Waals surface area contributed by atoms with Crippen molar-refractivity contribution in [3.05, 3.63) is 47.0 Å². The topological polar surface area (TPSA) is 29.9 Å². The maximum Gasteiger partial charge on any atom is 0.418 e. The Morgan fingerprint density at radius 3 is 2.75 bits per heavy atom. The molecule has 20 heavy (non-hydrogen) atoms. The molecule has 0 amide bonds. The van der Waals surface area contributed by atoms with E-state index in [-0.39, 0.29) is 5.69 Å². The van der Waals surface area contributed by atoms with Crippen LogP contribution in [0.2, 0.25) is 0 Å². The van der Waals surface area contributed by atoms with E-state index in [0.717, 1.165) is 24.0 Å². The van der Waals surface area contributed by atoms with Gasteiger partial charge in [-0.25, -0.2) is 4.98 Å². The lowest BCUT2D eigenvalue weighted by Gasteiger charge is -2.19. The van der Waals surface area contributed by atoms with Crippen LogP contribution >= 0.6 is 0 Å². The van der Waals surface area contributed by atoms with Gasteiger partial charge in [0.15, 0.2) is 0 Å². The van der Waals surface area contributed by atoms with Gasteiger partial charge in [0.2, 0.25) is 0 Å². The summed E-state index contributed by atoms with van der Waals surface area (Å²) in [5.74, 6) is 0.593. The number of nitrogens with zero attached hydrogens (tertiary/aromatic N) is 2. The summed E-state index contributed by atoms with van der Waals surface area (Å²) in [7, 11) is 0. The van der Waals surface area contributed by atoms with E-state index in [4.69, 9.17) is 0 Å². The molecule has 3 nitrogen and oxygen atoms in total. The summed E-state index contributed by atoms with van der Waals surface area (Å²) < 4.78 is 41.1. The van der Waals surface area contributed by atoms with Crippen LogP contribution in [0, 0.1) is 6.92 Å². The second kappa shape index (κ2) is 4.63. The van der Waals surface area contributed by atoms with Crippen molar-refractivity contribution in [3.8, 4) is 5.69 Å². The van der Waals surface area contributed by atoms with Crippen LogP contribution in [0.5, 0.6) is 0 Å². The number of fused-ring (bicyclic) bond motifs is 1. The van der Waals surface area contributed by atoms with Gasteiger partial charge in [-0.1, -0.05) is 12.1 Å². The van der Waals surface area contributed by atoms with Crippen molar-refractivity contribution in [1.29, 1.82) is 0 Å². The van der Waals surface area contributed by atoms with Gasteiger partial charge in [-0.05, 0) is 19.1 Å². The zero-order valence-corrected chi connectivity index (χ0v) is 11.0. The van der Waals surface area contributed by atoms with E-state index in [1.807, 2.05) is 0 Å². The van der Waals surface area contributed by atoms with Crippen LogP contribution in [-0.2, 0) is 19.1 Å². The number of hydrogen-bond donors (Lipinski definition) is 1. The Hall–Kier alpha value is -1.82. The Morgan fingerprint density at radius 2 is 2.00 bits per heavy atom. The zero-order chi connectivity index (χ0) is 14.3. The van der Waals surface area contributed by atoms with E-state index in [2.05, 4.69) is 10.3 Å². The fourth-order valence-electron chi connectivity index (χ4n) is 2.67. The van der Waals surface area contributed by atoms with Crippen LogP contribution < -0.4 is 5.32 Å². The van der Waals surface area contributed by atoms with Crippen LogP contribution in [0.1, 0.15) is 22.8 Å². The van der Waals surface area contributed by atoms with E-state index in [9.17, 15) is 13.2 Å². The molecule has 1 N–H and O–H groups in total. The molecule has 1 aromatic heterocycles. The van der Waals surface area contributed by atoms with Gasteiger partial charge in [0.25, 0.3) is 0 Å². The summed E-state index contributed by atoms with van der Waals surface area (Å²) in [5, 5.41) is 3.18. The molecule has 0 fully saturated rings. The Balaban J connectivity index is 2.22. The molecule has 106 valence electrons. The van der Waals surface area contributed by atoms with Gasteiger partial charge in [0.05, 0.1) is 16.9 Å². The Kier molecular flexibility index (Phi) is 3.05. The number of nitrogens with one attached hydrogen (secondary N) is 1. The SMILES string of the molecule is Cc1nc2c(n1-c1ccccc1C(F)(F)F)CCNC2. The Bertz CT molecular complexity index is 644. The lowest BCUT2D eigenvalue weighted by atomic mass is 10.1. The summed E-state index contributed by atoms with van der Waals surface area (Å²) in [6.45, 7) is 3.11. The summed E-state index contributed by atoms with van der Waals surface area (Å²) in [5.41, 5.74) is 1.25. The molecule has 1 aromatic carbocycles. The molecule has 0 saturated carbocycles. The highest BCUT2D eigenvalue weighted by atomic mass is 19.4. The number of halogens is 3. The highest BCUT2D eigenvalue weighted by molar-refractivity contribution is 5.46. The van der Waals surface area contributed by atoms with Crippen molar-refractivity contribution in [3.63, 3.8) is 0 Å². The summed E-state index contributed by atoms with van der Waals surface area (Å²) in [6, 6.07) is 5.64. The fourth-order valence-corrected chi connectivity index (χ4v) is 2.67. The number of aromatic nitrogens is 2. The zero-order valence-electron chi connectivity index (χ0n) is 11.0. The fraction of sp³-hybridized carbons (Fsp3) is 0.357. The monoisotopic (exact) mass is 281 g/mol. The molecular weight excluding hydrogens is 267 g/mol. The first-order chi connectivity index (χ1) is 9.48. The van der Waals surface area contributed by atoms with E-state index >= 15 is 0 Å². The van der Waals surface area contributed by atoms with Gasteiger partial charge < -0.3 is 5.32 Å². The predicted octanol–water partition coefficient (Wildman–Crippen LogP) is 2.85. The van der Waals surface area contributed by atoms with E-state index < -0.39 is 11.7 Å². The number of benzene rings is 1. The molecule has 0 saturated heterocycles. The van der Waals surface area contributed by atoms with Crippen molar-refractivity contribution in [1.82, 2.24) is 14.9 Å². The Morgan fingerprint density at radius 1 is 1.25 bits per heavy atom. The molecule has 3 rings (SSSR count). The molecule has 2 heterocycles. The highest BCUT2D eigenvalue weighted by Crippen LogP contribution is 2.35. The summed E-state index contributed by atoms with van der Waals surface area (Å²) in [6.07, 6.45) is -3.69. The number of aryl methyl sites for hydroxylation is 1. The van der Waals surface area contributed by atoms with Crippen LogP contribution in [0.25, 0.3) is 5.69 Å². The number of alkyl halides is 3. The minimum atomic E-state index is -4.37. The molecule has 0 spiro atoms.